The molecule has 3 aromatic carbocycles. The van der Waals surface area contributed by atoms with Crippen molar-refractivity contribution in [2.24, 2.45) is 0 Å². The van der Waals surface area contributed by atoms with E-state index in [1.165, 1.54) is 48.6 Å². The fourth-order valence-corrected chi connectivity index (χ4v) is 7.01. The van der Waals surface area contributed by atoms with Gasteiger partial charge in [-0.25, -0.2) is 16.8 Å². The van der Waals surface area contributed by atoms with E-state index in [0.29, 0.717) is 5.75 Å². The number of carbonyl (C=O) groups excluding carboxylic acids is 1. The number of ether oxygens (including phenoxy) is 1. The SMILES string of the molecule is O=C1C(=CC=C(C=CC2=C([O-])c3ccccc3S2(=O)=O)Oc2ccccc2)S(=O)(=O)c2ccccc21. The first-order valence-corrected chi connectivity index (χ1v) is 13.7. The zero-order valence-electron chi connectivity index (χ0n) is 18.5. The highest BCUT2D eigenvalue weighted by Crippen LogP contribution is 2.37. The molecule has 2 aliphatic rings. The second kappa shape index (κ2) is 8.78. The minimum Gasteiger partial charge on any atom is -0.871 e. The number of benzene rings is 3. The van der Waals surface area contributed by atoms with Crippen LogP contribution in [0, 0.1) is 0 Å². The van der Waals surface area contributed by atoms with E-state index in [4.69, 9.17) is 4.74 Å². The molecular weight excluding hydrogens is 500 g/mol. The molecule has 0 bridgehead atoms. The molecule has 0 saturated carbocycles. The number of hydrogen-bond donors (Lipinski definition) is 0. The van der Waals surface area contributed by atoms with Gasteiger partial charge in [0.15, 0.2) is 0 Å². The van der Waals surface area contributed by atoms with Crippen molar-refractivity contribution >= 4 is 31.2 Å². The van der Waals surface area contributed by atoms with Crippen LogP contribution in [0.3, 0.4) is 0 Å². The summed E-state index contributed by atoms with van der Waals surface area (Å²) in [6.07, 6.45) is 4.73. The van der Waals surface area contributed by atoms with Crippen molar-refractivity contribution in [2.45, 2.75) is 9.79 Å². The smallest absolute Gasteiger partial charge is 0.211 e. The summed E-state index contributed by atoms with van der Waals surface area (Å²) < 4.78 is 57.3. The number of allylic oxidation sites excluding steroid dienone is 5. The zero-order valence-corrected chi connectivity index (χ0v) is 20.1. The lowest BCUT2D eigenvalue weighted by Gasteiger charge is -2.09. The van der Waals surface area contributed by atoms with Crippen molar-refractivity contribution in [3.63, 3.8) is 0 Å². The number of sulfone groups is 2. The van der Waals surface area contributed by atoms with E-state index in [1.807, 2.05) is 0 Å². The molecule has 0 fully saturated rings. The normalized spacial score (nSPS) is 19.1. The lowest BCUT2D eigenvalue weighted by atomic mass is 10.1. The number of para-hydroxylation sites is 1. The maximum atomic E-state index is 12.9. The number of hydrogen-bond acceptors (Lipinski definition) is 7. The molecule has 0 aromatic heterocycles. The van der Waals surface area contributed by atoms with Crippen LogP contribution in [0.15, 0.2) is 129 Å². The summed E-state index contributed by atoms with van der Waals surface area (Å²) in [5, 5.41) is 12.7. The van der Waals surface area contributed by atoms with E-state index in [0.717, 1.165) is 12.2 Å². The van der Waals surface area contributed by atoms with Crippen molar-refractivity contribution < 1.29 is 31.5 Å². The molecule has 0 spiro atoms. The van der Waals surface area contributed by atoms with Crippen LogP contribution in [0.1, 0.15) is 15.9 Å². The summed E-state index contributed by atoms with van der Waals surface area (Å²) >= 11 is 0. The Balaban J connectivity index is 1.57. The highest BCUT2D eigenvalue weighted by Gasteiger charge is 2.38. The molecule has 180 valence electrons. The molecule has 0 unspecified atom stereocenters. The fourth-order valence-electron chi connectivity index (χ4n) is 3.92. The molecule has 0 aliphatic carbocycles. The van der Waals surface area contributed by atoms with Gasteiger partial charge in [0, 0.05) is 5.56 Å². The predicted octanol–water partition coefficient (Wildman–Crippen LogP) is 3.58. The van der Waals surface area contributed by atoms with Crippen LogP contribution in [0.25, 0.3) is 5.76 Å². The van der Waals surface area contributed by atoms with Gasteiger partial charge in [-0.15, -0.1) is 0 Å². The largest absolute Gasteiger partial charge is 0.871 e. The van der Waals surface area contributed by atoms with Crippen LogP contribution in [0.5, 0.6) is 5.75 Å². The van der Waals surface area contributed by atoms with Crippen LogP contribution in [0.4, 0.5) is 0 Å². The molecule has 2 aliphatic heterocycles. The first-order chi connectivity index (χ1) is 17.2. The van der Waals surface area contributed by atoms with Gasteiger partial charge < -0.3 is 9.84 Å². The molecule has 0 radical (unpaired) electrons. The summed E-state index contributed by atoms with van der Waals surface area (Å²) in [5.74, 6) is -0.907. The van der Waals surface area contributed by atoms with Crippen LogP contribution in [0.2, 0.25) is 0 Å². The molecule has 3 aromatic rings. The first kappa shape index (κ1) is 23.5. The summed E-state index contributed by atoms with van der Waals surface area (Å²) in [5.41, 5.74) is 0.156. The summed E-state index contributed by atoms with van der Waals surface area (Å²) in [4.78, 5) is 11.7. The predicted molar refractivity (Wildman–Crippen MR) is 131 cm³/mol. The second-order valence-corrected chi connectivity index (χ2v) is 11.6. The molecule has 0 N–H and O–H groups in total. The van der Waals surface area contributed by atoms with Gasteiger partial charge in [-0.05, 0) is 60.2 Å². The van der Waals surface area contributed by atoms with Gasteiger partial charge in [0.2, 0.25) is 25.5 Å². The Morgan fingerprint density at radius 2 is 1.33 bits per heavy atom. The Morgan fingerprint density at radius 3 is 1.97 bits per heavy atom. The van der Waals surface area contributed by atoms with E-state index < -0.39 is 41.0 Å². The van der Waals surface area contributed by atoms with Crippen LogP contribution in [-0.2, 0) is 19.7 Å². The zero-order chi connectivity index (χ0) is 25.5. The van der Waals surface area contributed by atoms with Crippen molar-refractivity contribution in [1.29, 1.82) is 0 Å². The topological polar surface area (TPSA) is 118 Å². The molecule has 0 amide bonds. The van der Waals surface area contributed by atoms with E-state index >= 15 is 0 Å². The van der Waals surface area contributed by atoms with Crippen molar-refractivity contribution in [1.82, 2.24) is 0 Å². The Bertz CT molecular complexity index is 1740. The molecule has 36 heavy (non-hydrogen) atoms. The Kier molecular flexibility index (Phi) is 5.74. The van der Waals surface area contributed by atoms with E-state index in [2.05, 4.69) is 0 Å². The Labute approximate surface area is 207 Å². The molecule has 7 nitrogen and oxygen atoms in total. The molecular formula is C27H17O7S2-. The third kappa shape index (κ3) is 3.88. The Morgan fingerprint density at radius 1 is 0.750 bits per heavy atom. The molecule has 9 heteroatoms. The maximum absolute atomic E-state index is 12.9. The monoisotopic (exact) mass is 517 g/mol. The van der Waals surface area contributed by atoms with Gasteiger partial charge >= 0.3 is 0 Å². The number of fused-ring (bicyclic) bond motifs is 2. The van der Waals surface area contributed by atoms with Gasteiger partial charge in [0.25, 0.3) is 0 Å². The molecule has 5 rings (SSSR count). The average molecular weight is 518 g/mol. The van der Waals surface area contributed by atoms with Crippen LogP contribution >= 0.6 is 0 Å². The number of Topliss-reactive ketones (excluding diaryl/α,β-unsaturated/α-hetero) is 1. The Hall–Kier alpha value is -4.21. The third-order valence-corrected chi connectivity index (χ3v) is 9.32. The quantitative estimate of drug-likeness (QED) is 0.288. The maximum Gasteiger partial charge on any atom is 0.211 e. The molecule has 0 atom stereocenters. The van der Waals surface area contributed by atoms with Crippen molar-refractivity contribution in [3.05, 3.63) is 130 Å². The lowest BCUT2D eigenvalue weighted by Crippen LogP contribution is -2.04. The lowest BCUT2D eigenvalue weighted by molar-refractivity contribution is -0.244. The third-order valence-electron chi connectivity index (χ3n) is 5.65. The van der Waals surface area contributed by atoms with Gasteiger partial charge in [-0.1, -0.05) is 54.3 Å². The van der Waals surface area contributed by atoms with Gasteiger partial charge in [0.1, 0.15) is 16.4 Å². The van der Waals surface area contributed by atoms with E-state index in [-0.39, 0.29) is 26.7 Å². The highest BCUT2D eigenvalue weighted by molar-refractivity contribution is 7.97. The number of carbonyl (C=O) groups is 1. The standard InChI is InChI=1S/C27H18O7S2/c28-26-20-10-4-6-12-22(20)35(30,31)24(26)16-14-19(34-18-8-2-1-3-9-18)15-17-25-27(29)21-11-5-7-13-23(21)36(25,32)33/h1-17,28H/p-1. The summed E-state index contributed by atoms with van der Waals surface area (Å²) in [6.45, 7) is 0. The number of ketones is 1. The summed E-state index contributed by atoms with van der Waals surface area (Å²) in [6, 6.07) is 20.3. The molecule has 2 heterocycles. The van der Waals surface area contributed by atoms with Gasteiger partial charge in [0.05, 0.1) is 14.7 Å². The minimum atomic E-state index is -4.03. The number of rotatable bonds is 5. The van der Waals surface area contributed by atoms with Gasteiger partial charge in [-0.2, -0.15) is 0 Å². The average Bonchev–Trinajstić information content (AvgIpc) is 3.19. The molecule has 0 saturated heterocycles. The minimum absolute atomic E-state index is 0.0131. The van der Waals surface area contributed by atoms with Crippen molar-refractivity contribution in [3.8, 4) is 5.75 Å². The van der Waals surface area contributed by atoms with E-state index in [1.54, 1.807) is 42.5 Å². The van der Waals surface area contributed by atoms with Gasteiger partial charge in [-0.3, -0.25) is 4.79 Å². The highest BCUT2D eigenvalue weighted by atomic mass is 32.2. The van der Waals surface area contributed by atoms with Crippen molar-refractivity contribution in [2.75, 3.05) is 0 Å². The van der Waals surface area contributed by atoms with Crippen LogP contribution in [-0.4, -0.2) is 22.6 Å². The summed E-state index contributed by atoms with van der Waals surface area (Å²) in [7, 11) is -8.05. The first-order valence-electron chi connectivity index (χ1n) is 10.7. The second-order valence-electron chi connectivity index (χ2n) is 7.87. The van der Waals surface area contributed by atoms with E-state index in [9.17, 15) is 26.7 Å². The van der Waals surface area contributed by atoms with Crippen LogP contribution < -0.4 is 9.84 Å². The fraction of sp³-hybridized carbons (Fsp3) is 0.